The molecule has 2 rings (SSSR count). The third-order valence-corrected chi connectivity index (χ3v) is 4.90. The molecule has 0 atom stereocenters. The van der Waals surface area contributed by atoms with Crippen LogP contribution in [0.4, 0.5) is 0 Å². The number of phenols is 1. The Bertz CT molecular complexity index is 845. The van der Waals surface area contributed by atoms with Crippen LogP contribution in [0.25, 0.3) is 0 Å². The van der Waals surface area contributed by atoms with Crippen LogP contribution in [0.1, 0.15) is 47.9 Å². The summed E-state index contributed by atoms with van der Waals surface area (Å²) in [6.45, 7) is 6.71. The Morgan fingerprint density at radius 1 is 0.893 bits per heavy atom. The normalized spacial score (nSPS) is 10.4. The van der Waals surface area contributed by atoms with Crippen LogP contribution in [0.3, 0.4) is 0 Å². The number of phenolic OH excluding ortho intramolecular Hbond substituents is 1. The first kappa shape index (κ1) is 22.0. The van der Waals surface area contributed by atoms with Crippen LogP contribution in [0.5, 0.6) is 23.0 Å². The van der Waals surface area contributed by atoms with Crippen LogP contribution >= 0.6 is 22.6 Å². The van der Waals surface area contributed by atoms with Gasteiger partial charge in [-0.1, -0.05) is 0 Å². The van der Waals surface area contributed by atoms with Crippen molar-refractivity contribution >= 4 is 34.2 Å². The van der Waals surface area contributed by atoms with Gasteiger partial charge in [-0.05, 0) is 67.6 Å². The standard InChI is InChI=1S/C21H23IO6/c1-4-26-14-9-7-13(8-10-14)15(23)11-16(24)19-17(27-5-2)12-18(28-6-3)20(22)21(19)25/h7-10,12,25H,4-6,11H2,1-3H3. The molecule has 0 radical (unpaired) electrons. The minimum atomic E-state index is -0.513. The molecule has 6 nitrogen and oxygen atoms in total. The van der Waals surface area contributed by atoms with Gasteiger partial charge in [0.25, 0.3) is 0 Å². The molecule has 2 aromatic rings. The molecule has 0 aromatic heterocycles. The monoisotopic (exact) mass is 498 g/mol. The average Bonchev–Trinajstić information content (AvgIpc) is 2.67. The van der Waals surface area contributed by atoms with Gasteiger partial charge in [0.05, 0.1) is 29.8 Å². The summed E-state index contributed by atoms with van der Waals surface area (Å²) in [5, 5.41) is 10.5. The third kappa shape index (κ3) is 5.15. The number of benzene rings is 2. The van der Waals surface area contributed by atoms with Gasteiger partial charge >= 0.3 is 0 Å². The molecule has 0 aliphatic carbocycles. The first-order valence-corrected chi connectivity index (χ1v) is 10.1. The van der Waals surface area contributed by atoms with Crippen LogP contribution in [0.2, 0.25) is 0 Å². The molecule has 0 heterocycles. The molecule has 150 valence electrons. The molecule has 0 aliphatic heterocycles. The van der Waals surface area contributed by atoms with Crippen molar-refractivity contribution in [2.45, 2.75) is 27.2 Å². The Balaban J connectivity index is 2.29. The highest BCUT2D eigenvalue weighted by atomic mass is 127. The maximum Gasteiger partial charge on any atom is 0.178 e. The first-order valence-electron chi connectivity index (χ1n) is 9.03. The summed E-state index contributed by atoms with van der Waals surface area (Å²) in [5.41, 5.74) is 0.392. The second-order valence-corrected chi connectivity index (χ2v) is 6.84. The van der Waals surface area contributed by atoms with Crippen molar-refractivity contribution in [2.24, 2.45) is 0 Å². The number of halogens is 1. The van der Waals surface area contributed by atoms with E-state index in [0.29, 0.717) is 40.5 Å². The van der Waals surface area contributed by atoms with Crippen molar-refractivity contribution in [3.05, 3.63) is 45.0 Å². The summed E-state index contributed by atoms with van der Waals surface area (Å²) in [6.07, 6.45) is -0.383. The zero-order valence-electron chi connectivity index (χ0n) is 16.1. The molecule has 0 amide bonds. The number of hydrogen-bond acceptors (Lipinski definition) is 6. The molecule has 1 N–H and O–H groups in total. The molecule has 0 fully saturated rings. The Labute approximate surface area is 177 Å². The molecular weight excluding hydrogens is 475 g/mol. The molecule has 28 heavy (non-hydrogen) atoms. The summed E-state index contributed by atoms with van der Waals surface area (Å²) in [5.74, 6) is 0.189. The van der Waals surface area contributed by atoms with Gasteiger partial charge in [-0.2, -0.15) is 0 Å². The number of hydrogen-bond donors (Lipinski definition) is 1. The van der Waals surface area contributed by atoms with Gasteiger partial charge in [0.15, 0.2) is 11.6 Å². The molecule has 0 bridgehead atoms. The first-order chi connectivity index (χ1) is 13.4. The molecule has 0 unspecified atom stereocenters. The predicted octanol–water partition coefficient (Wildman–Crippen LogP) is 4.65. The minimum absolute atomic E-state index is 0.00557. The average molecular weight is 498 g/mol. The van der Waals surface area contributed by atoms with Gasteiger partial charge < -0.3 is 19.3 Å². The summed E-state index contributed by atoms with van der Waals surface area (Å²) in [6, 6.07) is 8.18. The fraction of sp³-hybridized carbons (Fsp3) is 0.333. The van der Waals surface area contributed by atoms with Crippen molar-refractivity contribution in [2.75, 3.05) is 19.8 Å². The fourth-order valence-electron chi connectivity index (χ4n) is 2.64. The van der Waals surface area contributed by atoms with Crippen LogP contribution in [0, 0.1) is 3.57 Å². The van der Waals surface area contributed by atoms with E-state index < -0.39 is 5.78 Å². The number of Topliss-reactive ketones (excluding diaryl/α,β-unsaturated/α-hetero) is 2. The molecule has 0 spiro atoms. The van der Waals surface area contributed by atoms with Crippen molar-refractivity contribution < 1.29 is 28.9 Å². The molecule has 0 saturated heterocycles. The quantitative estimate of drug-likeness (QED) is 0.292. The highest BCUT2D eigenvalue weighted by Crippen LogP contribution is 2.40. The molecular formula is C21H23IO6. The van der Waals surface area contributed by atoms with Gasteiger partial charge in [0.2, 0.25) is 0 Å². The van der Waals surface area contributed by atoms with E-state index in [-0.39, 0.29) is 29.3 Å². The number of rotatable bonds is 10. The largest absolute Gasteiger partial charge is 0.506 e. The summed E-state index contributed by atoms with van der Waals surface area (Å²) < 4.78 is 16.8. The third-order valence-electron chi connectivity index (χ3n) is 3.86. The maximum atomic E-state index is 12.8. The minimum Gasteiger partial charge on any atom is -0.506 e. The molecule has 7 heteroatoms. The topological polar surface area (TPSA) is 82.1 Å². The lowest BCUT2D eigenvalue weighted by Crippen LogP contribution is -2.12. The second kappa shape index (κ2) is 10.3. The Hall–Kier alpha value is -2.29. The van der Waals surface area contributed by atoms with Crippen molar-refractivity contribution in [1.29, 1.82) is 0 Å². The lowest BCUT2D eigenvalue weighted by Gasteiger charge is -2.16. The van der Waals surface area contributed by atoms with E-state index in [1.54, 1.807) is 37.3 Å². The zero-order chi connectivity index (χ0) is 20.7. The molecule has 0 aliphatic rings. The van der Waals surface area contributed by atoms with Crippen LogP contribution < -0.4 is 14.2 Å². The van der Waals surface area contributed by atoms with E-state index in [1.807, 2.05) is 36.4 Å². The van der Waals surface area contributed by atoms with Crippen LogP contribution in [-0.2, 0) is 0 Å². The molecule has 0 saturated carbocycles. The summed E-state index contributed by atoms with van der Waals surface area (Å²) in [7, 11) is 0. The lowest BCUT2D eigenvalue weighted by molar-refractivity contribution is 0.0891. The van der Waals surface area contributed by atoms with Gasteiger partial charge in [-0.15, -0.1) is 0 Å². The highest BCUT2D eigenvalue weighted by Gasteiger charge is 2.25. The number of ether oxygens (including phenoxy) is 3. The fourth-order valence-corrected chi connectivity index (χ4v) is 3.22. The highest BCUT2D eigenvalue weighted by molar-refractivity contribution is 14.1. The Morgan fingerprint density at radius 2 is 1.46 bits per heavy atom. The number of carbonyl (C=O) groups excluding carboxylic acids is 2. The summed E-state index contributed by atoms with van der Waals surface area (Å²) >= 11 is 1.91. The number of ketones is 2. The SMILES string of the molecule is CCOc1ccc(C(=O)CC(=O)c2c(OCC)cc(OCC)c(I)c2O)cc1. The van der Waals surface area contributed by atoms with Crippen LogP contribution in [0.15, 0.2) is 30.3 Å². The molecule has 2 aromatic carbocycles. The Morgan fingerprint density at radius 3 is 2.04 bits per heavy atom. The van der Waals surface area contributed by atoms with E-state index in [2.05, 4.69) is 0 Å². The predicted molar refractivity (Wildman–Crippen MR) is 114 cm³/mol. The van der Waals surface area contributed by atoms with Gasteiger partial charge in [-0.25, -0.2) is 0 Å². The van der Waals surface area contributed by atoms with E-state index in [9.17, 15) is 14.7 Å². The zero-order valence-corrected chi connectivity index (χ0v) is 18.2. The smallest absolute Gasteiger partial charge is 0.178 e. The van der Waals surface area contributed by atoms with E-state index in [1.165, 1.54) is 0 Å². The van der Waals surface area contributed by atoms with Crippen molar-refractivity contribution in [1.82, 2.24) is 0 Å². The van der Waals surface area contributed by atoms with Gasteiger partial charge in [0, 0.05) is 11.6 Å². The van der Waals surface area contributed by atoms with Gasteiger partial charge in [0.1, 0.15) is 28.6 Å². The number of aromatic hydroxyl groups is 1. The number of carbonyl (C=O) groups is 2. The van der Waals surface area contributed by atoms with Crippen molar-refractivity contribution in [3.8, 4) is 23.0 Å². The Kier molecular flexibility index (Phi) is 8.10. The lowest BCUT2D eigenvalue weighted by atomic mass is 10.00. The second-order valence-electron chi connectivity index (χ2n) is 5.76. The van der Waals surface area contributed by atoms with Crippen molar-refractivity contribution in [3.63, 3.8) is 0 Å². The summed E-state index contributed by atoms with van der Waals surface area (Å²) in [4.78, 5) is 25.3. The van der Waals surface area contributed by atoms with Crippen LogP contribution in [-0.4, -0.2) is 36.5 Å². The van der Waals surface area contributed by atoms with E-state index in [0.717, 1.165) is 0 Å². The van der Waals surface area contributed by atoms with E-state index in [4.69, 9.17) is 14.2 Å². The maximum absolute atomic E-state index is 12.8. The van der Waals surface area contributed by atoms with Gasteiger partial charge in [-0.3, -0.25) is 9.59 Å². The van der Waals surface area contributed by atoms with E-state index >= 15 is 0 Å².